The minimum absolute atomic E-state index is 1.25. The summed E-state index contributed by atoms with van der Waals surface area (Å²) in [6, 6.07) is 53.6. The third kappa shape index (κ3) is 3.62. The molecule has 0 saturated heterocycles. The molecular weight excluding hydrogens is 545 g/mol. The van der Waals surface area contributed by atoms with Gasteiger partial charge in [-0.05, 0) is 68.6 Å². The Bertz CT molecular complexity index is 2330. The topological polar surface area (TPSA) is 0 Å². The Balaban J connectivity index is 1.24. The lowest BCUT2D eigenvalue weighted by Gasteiger charge is -2.22. The first kappa shape index (κ1) is 24.0. The summed E-state index contributed by atoms with van der Waals surface area (Å²) in [5.41, 5.74) is 10.2. The fourth-order valence-electron chi connectivity index (χ4n) is 6.61. The SMILES string of the molecule is c1ccc(-c2ccccc2-c2cccc3c2sc2ccccc23)c(-c2ccc3c(c2)-c2cccc4cccc(c24)S3)c1. The van der Waals surface area contributed by atoms with Crippen LogP contribution in [-0.4, -0.2) is 0 Å². The van der Waals surface area contributed by atoms with Gasteiger partial charge >= 0.3 is 0 Å². The van der Waals surface area contributed by atoms with E-state index < -0.39 is 0 Å². The molecule has 0 radical (unpaired) electrons. The summed E-state index contributed by atoms with van der Waals surface area (Å²) in [5, 5.41) is 5.33. The molecule has 0 aliphatic carbocycles. The Morgan fingerprint density at radius 2 is 1.00 bits per heavy atom. The molecule has 0 unspecified atom stereocenters. The van der Waals surface area contributed by atoms with Crippen LogP contribution >= 0.6 is 23.1 Å². The lowest BCUT2D eigenvalue weighted by Crippen LogP contribution is -1.94. The van der Waals surface area contributed by atoms with Crippen molar-refractivity contribution in [3.05, 3.63) is 146 Å². The number of rotatable bonds is 3. The number of benzene rings is 7. The van der Waals surface area contributed by atoms with E-state index in [9.17, 15) is 0 Å². The van der Waals surface area contributed by atoms with E-state index >= 15 is 0 Å². The molecule has 0 fully saturated rings. The van der Waals surface area contributed by atoms with Crippen molar-refractivity contribution in [2.45, 2.75) is 9.79 Å². The molecule has 2 heteroatoms. The zero-order chi connectivity index (χ0) is 27.6. The van der Waals surface area contributed by atoms with E-state index in [-0.39, 0.29) is 0 Å². The molecule has 7 aromatic carbocycles. The van der Waals surface area contributed by atoms with E-state index in [1.807, 2.05) is 23.1 Å². The van der Waals surface area contributed by atoms with Crippen LogP contribution in [-0.2, 0) is 0 Å². The maximum Gasteiger partial charge on any atom is 0.0434 e. The van der Waals surface area contributed by atoms with Gasteiger partial charge in [0.25, 0.3) is 0 Å². The summed E-state index contributed by atoms with van der Waals surface area (Å²) in [6.45, 7) is 0. The Labute approximate surface area is 252 Å². The first-order valence-corrected chi connectivity index (χ1v) is 15.9. The molecule has 1 aliphatic heterocycles. The zero-order valence-electron chi connectivity index (χ0n) is 22.7. The largest absolute Gasteiger partial charge is 0.135 e. The second-order valence-electron chi connectivity index (χ2n) is 10.8. The number of hydrogen-bond donors (Lipinski definition) is 0. The maximum absolute atomic E-state index is 2.40. The molecule has 0 atom stereocenters. The van der Waals surface area contributed by atoms with Crippen LogP contribution in [0.3, 0.4) is 0 Å². The van der Waals surface area contributed by atoms with Gasteiger partial charge in [-0.2, -0.15) is 0 Å². The highest BCUT2D eigenvalue weighted by molar-refractivity contribution is 7.99. The van der Waals surface area contributed by atoms with E-state index in [1.165, 1.54) is 85.2 Å². The predicted molar refractivity (Wildman–Crippen MR) is 183 cm³/mol. The molecule has 0 N–H and O–H groups in total. The smallest absolute Gasteiger partial charge is 0.0434 e. The van der Waals surface area contributed by atoms with E-state index in [1.54, 1.807) is 0 Å². The second kappa shape index (κ2) is 9.46. The van der Waals surface area contributed by atoms with Crippen molar-refractivity contribution in [1.29, 1.82) is 0 Å². The van der Waals surface area contributed by atoms with Gasteiger partial charge < -0.3 is 0 Å². The molecule has 0 spiro atoms. The van der Waals surface area contributed by atoms with Crippen LogP contribution in [0.25, 0.3) is 75.5 Å². The molecule has 9 rings (SSSR count). The second-order valence-corrected chi connectivity index (χ2v) is 13.0. The highest BCUT2D eigenvalue weighted by Gasteiger charge is 2.21. The van der Waals surface area contributed by atoms with Gasteiger partial charge in [-0.1, -0.05) is 133 Å². The molecule has 0 saturated carbocycles. The molecule has 196 valence electrons. The van der Waals surface area contributed by atoms with Crippen molar-refractivity contribution in [2.24, 2.45) is 0 Å². The highest BCUT2D eigenvalue weighted by atomic mass is 32.2. The van der Waals surface area contributed by atoms with E-state index in [0.717, 1.165) is 0 Å². The number of hydrogen-bond acceptors (Lipinski definition) is 2. The van der Waals surface area contributed by atoms with E-state index in [2.05, 4.69) is 146 Å². The number of fused-ring (bicyclic) bond motifs is 5. The quantitative estimate of drug-likeness (QED) is 0.204. The molecule has 0 nitrogen and oxygen atoms in total. The van der Waals surface area contributed by atoms with E-state index in [4.69, 9.17) is 0 Å². The summed E-state index contributed by atoms with van der Waals surface area (Å²) in [7, 11) is 0. The van der Waals surface area contributed by atoms with Crippen molar-refractivity contribution >= 4 is 54.0 Å². The molecular formula is C40H24S2. The van der Waals surface area contributed by atoms with Crippen LogP contribution in [0.5, 0.6) is 0 Å². The first-order chi connectivity index (χ1) is 20.8. The average Bonchev–Trinajstić information content (AvgIpc) is 3.44. The minimum atomic E-state index is 1.25. The Morgan fingerprint density at radius 3 is 1.86 bits per heavy atom. The Kier molecular flexibility index (Phi) is 5.41. The van der Waals surface area contributed by atoms with E-state index in [0.29, 0.717) is 0 Å². The Hall–Kier alpha value is -4.63. The zero-order valence-corrected chi connectivity index (χ0v) is 24.3. The van der Waals surface area contributed by atoms with Crippen LogP contribution < -0.4 is 0 Å². The van der Waals surface area contributed by atoms with Crippen LogP contribution in [0, 0.1) is 0 Å². The van der Waals surface area contributed by atoms with Crippen LogP contribution in [0.4, 0.5) is 0 Å². The lowest BCUT2D eigenvalue weighted by molar-refractivity contribution is 1.39. The normalized spacial score (nSPS) is 12.2. The van der Waals surface area contributed by atoms with Gasteiger partial charge in [0.15, 0.2) is 0 Å². The third-order valence-corrected chi connectivity index (χ3v) is 10.9. The maximum atomic E-state index is 2.40. The standard InChI is InChI=1S/C40H24S2/c1-2-13-28(29-14-3-4-15-30(29)33-18-9-19-34-31-16-5-6-20-36(31)42-40(33)34)27(12-1)26-22-23-37-35(24-26)32-17-7-10-25-11-8-21-38(41-37)39(25)32/h1-24H. The molecule has 8 aromatic rings. The van der Waals surface area contributed by atoms with Gasteiger partial charge in [-0.15, -0.1) is 11.3 Å². The van der Waals surface area contributed by atoms with Crippen molar-refractivity contribution in [3.8, 4) is 44.5 Å². The lowest BCUT2D eigenvalue weighted by atomic mass is 9.88. The van der Waals surface area contributed by atoms with Crippen molar-refractivity contribution in [2.75, 3.05) is 0 Å². The van der Waals surface area contributed by atoms with Gasteiger partial charge in [0.2, 0.25) is 0 Å². The third-order valence-electron chi connectivity index (χ3n) is 8.51. The monoisotopic (exact) mass is 568 g/mol. The summed E-state index contributed by atoms with van der Waals surface area (Å²) in [6.07, 6.45) is 0. The molecule has 1 aromatic heterocycles. The van der Waals surface area contributed by atoms with Crippen LogP contribution in [0.15, 0.2) is 155 Å². The van der Waals surface area contributed by atoms with Crippen molar-refractivity contribution < 1.29 is 0 Å². The molecule has 1 aliphatic rings. The first-order valence-electron chi connectivity index (χ1n) is 14.3. The summed E-state index contributed by atoms with van der Waals surface area (Å²) in [5.74, 6) is 0. The fourth-order valence-corrected chi connectivity index (χ4v) is 8.97. The van der Waals surface area contributed by atoms with Gasteiger partial charge in [0.05, 0.1) is 0 Å². The minimum Gasteiger partial charge on any atom is -0.135 e. The van der Waals surface area contributed by atoms with Gasteiger partial charge in [0.1, 0.15) is 0 Å². The molecule has 0 bridgehead atoms. The van der Waals surface area contributed by atoms with Gasteiger partial charge in [0, 0.05) is 40.9 Å². The predicted octanol–water partition coefficient (Wildman–Crippen LogP) is 12.3. The summed E-state index contributed by atoms with van der Waals surface area (Å²) >= 11 is 3.78. The number of thiophene rings is 1. The fraction of sp³-hybridized carbons (Fsp3) is 0. The molecule has 2 heterocycles. The van der Waals surface area contributed by atoms with Gasteiger partial charge in [-0.25, -0.2) is 0 Å². The Morgan fingerprint density at radius 1 is 0.381 bits per heavy atom. The molecule has 42 heavy (non-hydrogen) atoms. The summed E-state index contributed by atoms with van der Waals surface area (Å²) < 4.78 is 2.68. The van der Waals surface area contributed by atoms with Crippen LogP contribution in [0.1, 0.15) is 0 Å². The summed E-state index contributed by atoms with van der Waals surface area (Å²) in [4.78, 5) is 2.66. The van der Waals surface area contributed by atoms with Crippen molar-refractivity contribution in [3.63, 3.8) is 0 Å². The average molecular weight is 569 g/mol. The van der Waals surface area contributed by atoms with Crippen molar-refractivity contribution in [1.82, 2.24) is 0 Å². The highest BCUT2D eigenvalue weighted by Crippen LogP contribution is 2.50. The van der Waals surface area contributed by atoms with Gasteiger partial charge in [-0.3, -0.25) is 0 Å². The molecule has 0 amide bonds. The van der Waals surface area contributed by atoms with Crippen LogP contribution in [0.2, 0.25) is 0 Å².